The van der Waals surface area contributed by atoms with Crippen molar-refractivity contribution in [2.45, 2.75) is 38.2 Å². The third-order valence-electron chi connectivity index (χ3n) is 3.49. The molecule has 2 N–H and O–H groups in total. The van der Waals surface area contributed by atoms with E-state index in [1.54, 1.807) is 6.92 Å². The van der Waals surface area contributed by atoms with Crippen LogP contribution >= 0.6 is 0 Å². The molecule has 0 aromatic carbocycles. The van der Waals surface area contributed by atoms with Crippen molar-refractivity contribution in [3.8, 4) is 0 Å². The SMILES string of the molecule is COC(=O)[C@]1(C)O[C@@H](n2cc(C)c(=O)[nH]c2=O)C[C@H]1O. The Kier molecular flexibility index (Phi) is 3.53. The highest BCUT2D eigenvalue weighted by atomic mass is 16.6. The van der Waals surface area contributed by atoms with Crippen molar-refractivity contribution >= 4 is 5.97 Å². The van der Waals surface area contributed by atoms with E-state index in [2.05, 4.69) is 9.72 Å². The molecule has 1 aliphatic heterocycles. The molecule has 0 aliphatic carbocycles. The van der Waals surface area contributed by atoms with Crippen LogP contribution < -0.4 is 11.2 Å². The minimum Gasteiger partial charge on any atom is -0.467 e. The molecule has 0 bridgehead atoms. The molecule has 1 aromatic heterocycles. The maximum Gasteiger partial charge on any atom is 0.340 e. The first kappa shape index (κ1) is 14.5. The van der Waals surface area contributed by atoms with E-state index in [-0.39, 0.29) is 6.42 Å². The Morgan fingerprint density at radius 3 is 2.85 bits per heavy atom. The van der Waals surface area contributed by atoms with E-state index in [9.17, 15) is 19.5 Å². The summed E-state index contributed by atoms with van der Waals surface area (Å²) in [6, 6.07) is 0. The predicted octanol–water partition coefficient (Wildman–Crippen LogP) is -0.943. The largest absolute Gasteiger partial charge is 0.467 e. The second-order valence-electron chi connectivity index (χ2n) is 4.90. The number of methoxy groups -OCH3 is 1. The lowest BCUT2D eigenvalue weighted by atomic mass is 9.99. The smallest absolute Gasteiger partial charge is 0.340 e. The summed E-state index contributed by atoms with van der Waals surface area (Å²) in [6.07, 6.45) is -0.588. The highest BCUT2D eigenvalue weighted by Crippen LogP contribution is 2.36. The third-order valence-corrected chi connectivity index (χ3v) is 3.49. The van der Waals surface area contributed by atoms with E-state index in [4.69, 9.17) is 4.74 Å². The molecule has 0 amide bonds. The summed E-state index contributed by atoms with van der Waals surface area (Å²) in [6.45, 7) is 2.94. The van der Waals surface area contributed by atoms with Crippen LogP contribution in [0.15, 0.2) is 15.8 Å². The lowest BCUT2D eigenvalue weighted by Crippen LogP contribution is -2.45. The standard InChI is InChI=1S/C12H16N2O6/c1-6-5-14(11(18)13-9(6)16)8-4-7(15)12(2,20-8)10(17)19-3/h5,7-8,15H,4H2,1-3H3,(H,13,16,18)/t7-,8-,12-/m1/s1. The monoisotopic (exact) mass is 284 g/mol. The Labute approximate surface area is 114 Å². The number of aromatic amines is 1. The summed E-state index contributed by atoms with van der Waals surface area (Å²) in [5.74, 6) is -0.721. The van der Waals surface area contributed by atoms with Crippen LogP contribution in [0, 0.1) is 6.92 Å². The Hall–Kier alpha value is -1.93. The lowest BCUT2D eigenvalue weighted by molar-refractivity contribution is -0.177. The number of nitrogens with one attached hydrogen (secondary N) is 1. The molecule has 20 heavy (non-hydrogen) atoms. The number of aliphatic hydroxyl groups is 1. The number of carbonyl (C=O) groups excluding carboxylic acids is 1. The van der Waals surface area contributed by atoms with Crippen molar-refractivity contribution in [1.29, 1.82) is 0 Å². The van der Waals surface area contributed by atoms with E-state index in [1.165, 1.54) is 20.2 Å². The van der Waals surface area contributed by atoms with Crippen LogP contribution in [-0.4, -0.2) is 39.4 Å². The number of aliphatic hydroxyl groups excluding tert-OH is 1. The van der Waals surface area contributed by atoms with Crippen molar-refractivity contribution < 1.29 is 19.4 Å². The van der Waals surface area contributed by atoms with Gasteiger partial charge in [0.25, 0.3) is 5.56 Å². The maximum absolute atomic E-state index is 11.8. The van der Waals surface area contributed by atoms with Crippen molar-refractivity contribution in [3.05, 3.63) is 32.6 Å². The number of rotatable bonds is 2. The van der Waals surface area contributed by atoms with Gasteiger partial charge in [-0.2, -0.15) is 0 Å². The van der Waals surface area contributed by atoms with E-state index < -0.39 is 35.2 Å². The Morgan fingerprint density at radius 1 is 1.60 bits per heavy atom. The molecule has 1 saturated heterocycles. The number of H-pyrrole nitrogens is 1. The zero-order valence-electron chi connectivity index (χ0n) is 11.4. The summed E-state index contributed by atoms with van der Waals surface area (Å²) in [7, 11) is 1.19. The zero-order valence-corrected chi connectivity index (χ0v) is 11.4. The van der Waals surface area contributed by atoms with Gasteiger partial charge in [-0.25, -0.2) is 9.59 Å². The number of aromatic nitrogens is 2. The van der Waals surface area contributed by atoms with Crippen LogP contribution in [0.5, 0.6) is 0 Å². The summed E-state index contributed by atoms with van der Waals surface area (Å²) in [5, 5.41) is 9.98. The van der Waals surface area contributed by atoms with Crippen molar-refractivity contribution in [1.82, 2.24) is 9.55 Å². The average molecular weight is 284 g/mol. The minimum atomic E-state index is -1.54. The first-order valence-corrected chi connectivity index (χ1v) is 6.06. The highest BCUT2D eigenvalue weighted by molar-refractivity contribution is 5.80. The van der Waals surface area contributed by atoms with Gasteiger partial charge in [0.2, 0.25) is 0 Å². The minimum absolute atomic E-state index is 0.0387. The molecule has 0 unspecified atom stereocenters. The van der Waals surface area contributed by atoms with E-state index in [0.29, 0.717) is 5.56 Å². The van der Waals surface area contributed by atoms with Gasteiger partial charge in [-0.15, -0.1) is 0 Å². The molecule has 0 saturated carbocycles. The summed E-state index contributed by atoms with van der Waals surface area (Å²) >= 11 is 0. The molecule has 8 nitrogen and oxygen atoms in total. The lowest BCUT2D eigenvalue weighted by Gasteiger charge is -2.24. The second kappa shape index (κ2) is 4.88. The van der Waals surface area contributed by atoms with E-state index in [0.717, 1.165) is 4.57 Å². The van der Waals surface area contributed by atoms with Gasteiger partial charge in [0.15, 0.2) is 5.60 Å². The molecule has 8 heteroatoms. The summed E-state index contributed by atoms with van der Waals surface area (Å²) < 4.78 is 11.2. The molecule has 3 atom stereocenters. The van der Waals surface area contributed by atoms with Gasteiger partial charge < -0.3 is 14.6 Å². The molecule has 2 rings (SSSR count). The second-order valence-corrected chi connectivity index (χ2v) is 4.90. The molecule has 1 fully saturated rings. The van der Waals surface area contributed by atoms with Gasteiger partial charge in [-0.1, -0.05) is 0 Å². The Morgan fingerprint density at radius 2 is 2.25 bits per heavy atom. The molecular formula is C12H16N2O6. The van der Waals surface area contributed by atoms with E-state index >= 15 is 0 Å². The fraction of sp³-hybridized carbons (Fsp3) is 0.583. The van der Waals surface area contributed by atoms with Gasteiger partial charge in [0.1, 0.15) is 6.23 Å². The summed E-state index contributed by atoms with van der Waals surface area (Å²) in [5.41, 5.74) is -2.36. The zero-order chi connectivity index (χ0) is 15.1. The van der Waals surface area contributed by atoms with Crippen LogP contribution in [0.25, 0.3) is 0 Å². The average Bonchev–Trinajstić information content (AvgIpc) is 2.70. The molecule has 1 aromatic rings. The number of hydrogen-bond donors (Lipinski definition) is 2. The van der Waals surface area contributed by atoms with Crippen LogP contribution in [0.1, 0.15) is 25.1 Å². The topological polar surface area (TPSA) is 111 Å². The Bertz CT molecular complexity index is 648. The molecule has 0 spiro atoms. The highest BCUT2D eigenvalue weighted by Gasteiger charge is 2.52. The molecular weight excluding hydrogens is 268 g/mol. The summed E-state index contributed by atoms with van der Waals surface area (Å²) in [4.78, 5) is 36.9. The van der Waals surface area contributed by atoms with Crippen LogP contribution in [0.4, 0.5) is 0 Å². The van der Waals surface area contributed by atoms with Crippen molar-refractivity contribution in [2.75, 3.05) is 7.11 Å². The van der Waals surface area contributed by atoms with Gasteiger partial charge in [-0.3, -0.25) is 14.3 Å². The van der Waals surface area contributed by atoms with Crippen LogP contribution in [0.2, 0.25) is 0 Å². The maximum atomic E-state index is 11.8. The van der Waals surface area contributed by atoms with Gasteiger partial charge in [0, 0.05) is 18.2 Å². The van der Waals surface area contributed by atoms with Crippen LogP contribution in [-0.2, 0) is 14.3 Å². The molecule has 0 radical (unpaired) electrons. The molecule has 1 aliphatic rings. The number of ether oxygens (including phenoxy) is 2. The first-order chi connectivity index (χ1) is 9.29. The fourth-order valence-corrected chi connectivity index (χ4v) is 2.18. The van der Waals surface area contributed by atoms with Gasteiger partial charge in [-0.05, 0) is 13.8 Å². The van der Waals surface area contributed by atoms with Gasteiger partial charge >= 0.3 is 11.7 Å². The quantitative estimate of drug-likeness (QED) is 0.678. The predicted molar refractivity (Wildman–Crippen MR) is 67.2 cm³/mol. The fourth-order valence-electron chi connectivity index (χ4n) is 2.18. The van der Waals surface area contributed by atoms with Crippen LogP contribution in [0.3, 0.4) is 0 Å². The number of carbonyl (C=O) groups is 1. The third kappa shape index (κ3) is 2.16. The van der Waals surface area contributed by atoms with Crippen molar-refractivity contribution in [3.63, 3.8) is 0 Å². The normalized spacial score (nSPS) is 29.4. The molecule has 110 valence electrons. The van der Waals surface area contributed by atoms with Gasteiger partial charge in [0.05, 0.1) is 13.2 Å². The van der Waals surface area contributed by atoms with Crippen molar-refractivity contribution in [2.24, 2.45) is 0 Å². The first-order valence-electron chi connectivity index (χ1n) is 6.06. The Balaban J connectivity index is 2.39. The van der Waals surface area contributed by atoms with E-state index in [1.807, 2.05) is 0 Å². The number of nitrogens with zero attached hydrogens (tertiary/aromatic N) is 1. The number of hydrogen-bond acceptors (Lipinski definition) is 6. The number of aryl methyl sites for hydroxylation is 1. The number of esters is 1. The molecule has 2 heterocycles.